The van der Waals surface area contributed by atoms with E-state index in [1.54, 1.807) is 18.2 Å². The number of carbonyl (C=O) groups is 2. The molecule has 0 saturated carbocycles. The summed E-state index contributed by atoms with van der Waals surface area (Å²) >= 11 is 3.42. The zero-order chi connectivity index (χ0) is 19.0. The summed E-state index contributed by atoms with van der Waals surface area (Å²) in [5.74, 6) is 0.253. The van der Waals surface area contributed by atoms with Crippen LogP contribution in [0.2, 0.25) is 0 Å². The molecule has 0 fully saturated rings. The summed E-state index contributed by atoms with van der Waals surface area (Å²) in [5, 5.41) is 5.61. The molecule has 2 amide bonds. The van der Waals surface area contributed by atoms with Crippen LogP contribution in [-0.4, -0.2) is 24.9 Å². The van der Waals surface area contributed by atoms with E-state index in [0.717, 1.165) is 10.0 Å². The third-order valence-electron chi connectivity index (χ3n) is 3.95. The highest BCUT2D eigenvalue weighted by molar-refractivity contribution is 9.10. The second kappa shape index (κ2) is 9.38. The van der Waals surface area contributed by atoms with Crippen LogP contribution in [0.15, 0.2) is 57.6 Å². The molecule has 2 rings (SSSR count). The van der Waals surface area contributed by atoms with Crippen molar-refractivity contribution in [3.63, 3.8) is 0 Å². The van der Waals surface area contributed by atoms with E-state index in [9.17, 15) is 9.59 Å². The minimum Gasteiger partial charge on any atom is -0.465 e. The van der Waals surface area contributed by atoms with Gasteiger partial charge >= 0.3 is 0 Å². The van der Waals surface area contributed by atoms with Gasteiger partial charge in [-0.2, -0.15) is 0 Å². The Balaban J connectivity index is 1.70. The van der Waals surface area contributed by atoms with Crippen molar-refractivity contribution in [2.75, 3.05) is 13.1 Å². The van der Waals surface area contributed by atoms with Crippen LogP contribution >= 0.6 is 15.9 Å². The van der Waals surface area contributed by atoms with Crippen LogP contribution in [0.1, 0.15) is 31.6 Å². The van der Waals surface area contributed by atoms with E-state index in [4.69, 9.17) is 4.42 Å². The van der Waals surface area contributed by atoms with Gasteiger partial charge in [0.25, 0.3) is 0 Å². The Kier molecular flexibility index (Phi) is 7.21. The van der Waals surface area contributed by atoms with Gasteiger partial charge < -0.3 is 15.1 Å². The molecule has 0 radical (unpaired) electrons. The van der Waals surface area contributed by atoms with Crippen molar-refractivity contribution in [1.29, 1.82) is 0 Å². The molecule has 6 heteroatoms. The number of carbonyl (C=O) groups excluding carboxylic acids is 2. The molecule has 0 unspecified atom stereocenters. The molecule has 2 N–H and O–H groups in total. The fraction of sp³-hybridized carbons (Fsp3) is 0.300. The summed E-state index contributed by atoms with van der Waals surface area (Å²) in [6.07, 6.45) is 4.73. The van der Waals surface area contributed by atoms with Gasteiger partial charge in [-0.1, -0.05) is 41.9 Å². The van der Waals surface area contributed by atoms with Crippen molar-refractivity contribution < 1.29 is 14.0 Å². The summed E-state index contributed by atoms with van der Waals surface area (Å²) in [6.45, 7) is 4.97. The van der Waals surface area contributed by atoms with E-state index in [0.29, 0.717) is 12.3 Å². The first-order chi connectivity index (χ1) is 12.4. The number of nitrogens with one attached hydrogen (secondary N) is 2. The van der Waals surface area contributed by atoms with Gasteiger partial charge in [0.15, 0.2) is 0 Å². The summed E-state index contributed by atoms with van der Waals surface area (Å²) < 4.78 is 6.13. The topological polar surface area (TPSA) is 71.3 Å². The third-order valence-corrected chi connectivity index (χ3v) is 4.48. The summed E-state index contributed by atoms with van der Waals surface area (Å²) in [7, 11) is 0. The average molecular weight is 419 g/mol. The van der Waals surface area contributed by atoms with E-state index in [1.165, 1.54) is 12.3 Å². The predicted molar refractivity (Wildman–Crippen MR) is 106 cm³/mol. The number of hydrogen-bond donors (Lipinski definition) is 2. The number of rotatable bonds is 8. The molecule has 26 heavy (non-hydrogen) atoms. The van der Waals surface area contributed by atoms with Crippen LogP contribution in [-0.2, 0) is 15.0 Å². The Hall–Kier alpha value is -2.34. The van der Waals surface area contributed by atoms with E-state index in [2.05, 4.69) is 40.4 Å². The van der Waals surface area contributed by atoms with Crippen LogP contribution in [0.3, 0.4) is 0 Å². The van der Waals surface area contributed by atoms with Crippen LogP contribution in [0.4, 0.5) is 0 Å². The lowest BCUT2D eigenvalue weighted by Gasteiger charge is -2.25. The Morgan fingerprint density at radius 2 is 1.88 bits per heavy atom. The van der Waals surface area contributed by atoms with E-state index >= 15 is 0 Å². The van der Waals surface area contributed by atoms with Crippen molar-refractivity contribution in [3.8, 4) is 0 Å². The molecule has 1 heterocycles. The van der Waals surface area contributed by atoms with Gasteiger partial charge in [0.05, 0.1) is 6.26 Å². The largest absolute Gasteiger partial charge is 0.465 e. The molecule has 0 aliphatic heterocycles. The minimum atomic E-state index is -0.260. The molecule has 0 atom stereocenters. The summed E-state index contributed by atoms with van der Waals surface area (Å²) in [4.78, 5) is 23.7. The van der Waals surface area contributed by atoms with E-state index in [1.807, 2.05) is 24.3 Å². The van der Waals surface area contributed by atoms with Crippen LogP contribution in [0, 0.1) is 0 Å². The molecule has 2 aromatic rings. The van der Waals surface area contributed by atoms with Crippen molar-refractivity contribution >= 4 is 33.8 Å². The van der Waals surface area contributed by atoms with Crippen molar-refractivity contribution in [2.24, 2.45) is 0 Å². The Morgan fingerprint density at radius 1 is 1.15 bits per heavy atom. The first kappa shape index (κ1) is 20.0. The van der Waals surface area contributed by atoms with Gasteiger partial charge in [-0.25, -0.2) is 0 Å². The standard InChI is InChI=1S/C20H23BrN2O3/c1-20(2,15-5-7-16(21)8-6-15)14-23-19(25)11-12-22-18(24)10-9-17-4-3-13-26-17/h3-10,13H,11-12,14H2,1-2H3,(H,22,24)(H,23,25)/b10-9+. The number of halogens is 1. The van der Waals surface area contributed by atoms with Gasteiger partial charge in [-0.05, 0) is 35.9 Å². The maximum atomic E-state index is 12.0. The molecule has 0 saturated heterocycles. The molecular weight excluding hydrogens is 396 g/mol. The van der Waals surface area contributed by atoms with Crippen LogP contribution < -0.4 is 10.6 Å². The lowest BCUT2D eigenvalue weighted by atomic mass is 9.84. The highest BCUT2D eigenvalue weighted by Gasteiger charge is 2.21. The number of amides is 2. The number of hydrogen-bond acceptors (Lipinski definition) is 3. The van der Waals surface area contributed by atoms with Gasteiger partial charge in [0.1, 0.15) is 5.76 Å². The van der Waals surface area contributed by atoms with Crippen molar-refractivity contribution in [3.05, 3.63) is 64.5 Å². The first-order valence-electron chi connectivity index (χ1n) is 8.39. The maximum Gasteiger partial charge on any atom is 0.244 e. The molecule has 1 aromatic carbocycles. The van der Waals surface area contributed by atoms with E-state index in [-0.39, 0.29) is 30.2 Å². The zero-order valence-corrected chi connectivity index (χ0v) is 16.5. The molecule has 0 aliphatic carbocycles. The fourth-order valence-corrected chi connectivity index (χ4v) is 2.58. The summed E-state index contributed by atoms with van der Waals surface area (Å²) in [5.41, 5.74) is 0.975. The lowest BCUT2D eigenvalue weighted by molar-refractivity contribution is -0.121. The van der Waals surface area contributed by atoms with Gasteiger partial charge in [-0.3, -0.25) is 9.59 Å². The number of furan rings is 1. The fourth-order valence-electron chi connectivity index (χ4n) is 2.31. The van der Waals surface area contributed by atoms with Crippen LogP contribution in [0.5, 0.6) is 0 Å². The lowest BCUT2D eigenvalue weighted by Crippen LogP contribution is -2.38. The van der Waals surface area contributed by atoms with Gasteiger partial charge in [0.2, 0.25) is 11.8 Å². The SMILES string of the molecule is CC(C)(CNC(=O)CCNC(=O)/C=C/c1ccco1)c1ccc(Br)cc1. The maximum absolute atomic E-state index is 12.0. The average Bonchev–Trinajstić information content (AvgIpc) is 3.12. The van der Waals surface area contributed by atoms with Crippen molar-refractivity contribution in [1.82, 2.24) is 10.6 Å². The third kappa shape index (κ3) is 6.52. The van der Waals surface area contributed by atoms with Crippen LogP contribution in [0.25, 0.3) is 6.08 Å². The van der Waals surface area contributed by atoms with Gasteiger partial charge in [-0.15, -0.1) is 0 Å². The predicted octanol–water partition coefficient (Wildman–Crippen LogP) is 3.66. The molecule has 0 aliphatic rings. The highest BCUT2D eigenvalue weighted by Crippen LogP contribution is 2.24. The Bertz CT molecular complexity index is 750. The number of benzene rings is 1. The molecular formula is C20H23BrN2O3. The molecule has 1 aromatic heterocycles. The molecule has 0 spiro atoms. The first-order valence-corrected chi connectivity index (χ1v) is 9.18. The minimum absolute atomic E-state index is 0.0921. The molecule has 5 nitrogen and oxygen atoms in total. The summed E-state index contributed by atoms with van der Waals surface area (Å²) in [6, 6.07) is 11.6. The highest BCUT2D eigenvalue weighted by atomic mass is 79.9. The molecule has 0 bridgehead atoms. The zero-order valence-electron chi connectivity index (χ0n) is 14.9. The second-order valence-corrected chi connectivity index (χ2v) is 7.47. The Morgan fingerprint density at radius 3 is 2.54 bits per heavy atom. The normalized spacial score (nSPS) is 11.5. The smallest absolute Gasteiger partial charge is 0.244 e. The Labute approximate surface area is 162 Å². The van der Waals surface area contributed by atoms with E-state index < -0.39 is 0 Å². The molecule has 138 valence electrons. The second-order valence-electron chi connectivity index (χ2n) is 6.56. The van der Waals surface area contributed by atoms with Gasteiger partial charge in [0, 0.05) is 35.5 Å². The quantitative estimate of drug-likeness (QED) is 0.642. The monoisotopic (exact) mass is 418 g/mol. The van der Waals surface area contributed by atoms with Crippen molar-refractivity contribution in [2.45, 2.75) is 25.7 Å².